The lowest BCUT2D eigenvalue weighted by atomic mass is 9.94. The van der Waals surface area contributed by atoms with Gasteiger partial charge in [0.25, 0.3) is 0 Å². The van der Waals surface area contributed by atoms with E-state index in [2.05, 4.69) is 11.2 Å². The maximum absolute atomic E-state index is 13.6. The number of rotatable bonds is 7. The molecule has 0 heterocycles. The zero-order chi connectivity index (χ0) is 23.1. The molecule has 1 unspecified atom stereocenters. The number of benzene rings is 2. The number of anilines is 1. The molecule has 0 spiro atoms. The SMILES string of the molecule is C#CC(=O)N(c1cc(C)cc(OC)c1)C(C(=O)NC1CCCCC1)c1ccc(OC)cc1. The summed E-state index contributed by atoms with van der Waals surface area (Å²) in [6.45, 7) is 1.90. The number of hydrogen-bond acceptors (Lipinski definition) is 4. The summed E-state index contributed by atoms with van der Waals surface area (Å²) in [4.78, 5) is 28.0. The summed E-state index contributed by atoms with van der Waals surface area (Å²) in [6.07, 6.45) is 10.8. The van der Waals surface area contributed by atoms with E-state index >= 15 is 0 Å². The van der Waals surface area contributed by atoms with Crippen LogP contribution in [0.15, 0.2) is 42.5 Å². The van der Waals surface area contributed by atoms with Gasteiger partial charge in [-0.2, -0.15) is 0 Å². The van der Waals surface area contributed by atoms with Crippen molar-refractivity contribution in [2.75, 3.05) is 19.1 Å². The average Bonchev–Trinajstić information content (AvgIpc) is 2.82. The Morgan fingerprint density at radius 3 is 2.28 bits per heavy atom. The van der Waals surface area contributed by atoms with Gasteiger partial charge in [-0.15, -0.1) is 6.42 Å². The third-order valence-electron chi connectivity index (χ3n) is 5.78. The Hall–Kier alpha value is -3.46. The van der Waals surface area contributed by atoms with Gasteiger partial charge in [0, 0.05) is 17.8 Å². The number of amides is 2. The van der Waals surface area contributed by atoms with Gasteiger partial charge in [0.05, 0.1) is 14.2 Å². The summed E-state index contributed by atoms with van der Waals surface area (Å²) < 4.78 is 10.7. The van der Waals surface area contributed by atoms with E-state index < -0.39 is 11.9 Å². The first-order valence-electron chi connectivity index (χ1n) is 10.9. The lowest BCUT2D eigenvalue weighted by Crippen LogP contribution is -2.47. The molecule has 2 aromatic carbocycles. The van der Waals surface area contributed by atoms with Gasteiger partial charge in [0.1, 0.15) is 17.5 Å². The van der Waals surface area contributed by atoms with Crippen LogP contribution >= 0.6 is 0 Å². The maximum atomic E-state index is 13.6. The summed E-state index contributed by atoms with van der Waals surface area (Å²) in [5, 5.41) is 3.15. The van der Waals surface area contributed by atoms with Gasteiger partial charge in [-0.05, 0) is 61.1 Å². The Morgan fingerprint density at radius 2 is 1.69 bits per heavy atom. The van der Waals surface area contributed by atoms with Crippen LogP contribution in [-0.2, 0) is 9.59 Å². The molecule has 0 aliphatic heterocycles. The van der Waals surface area contributed by atoms with Crippen molar-refractivity contribution < 1.29 is 19.1 Å². The quantitative estimate of drug-likeness (QED) is 0.664. The number of ether oxygens (including phenoxy) is 2. The highest BCUT2D eigenvalue weighted by Crippen LogP contribution is 2.33. The van der Waals surface area contributed by atoms with Gasteiger partial charge < -0.3 is 14.8 Å². The summed E-state index contributed by atoms with van der Waals surface area (Å²) >= 11 is 0. The summed E-state index contributed by atoms with van der Waals surface area (Å²) in [5.41, 5.74) is 2.03. The highest BCUT2D eigenvalue weighted by molar-refractivity contribution is 6.09. The monoisotopic (exact) mass is 434 g/mol. The van der Waals surface area contributed by atoms with E-state index in [0.29, 0.717) is 22.7 Å². The molecule has 1 saturated carbocycles. The molecule has 0 aromatic heterocycles. The molecule has 32 heavy (non-hydrogen) atoms. The van der Waals surface area contributed by atoms with Crippen LogP contribution in [0, 0.1) is 19.3 Å². The van der Waals surface area contributed by atoms with E-state index in [9.17, 15) is 9.59 Å². The zero-order valence-corrected chi connectivity index (χ0v) is 18.9. The second-order valence-electron chi connectivity index (χ2n) is 8.05. The molecule has 1 aliphatic rings. The summed E-state index contributed by atoms with van der Waals surface area (Å²) in [6, 6.07) is 11.7. The van der Waals surface area contributed by atoms with Gasteiger partial charge in [-0.25, -0.2) is 0 Å². The molecule has 1 fully saturated rings. The third kappa shape index (κ3) is 5.42. The highest BCUT2D eigenvalue weighted by Gasteiger charge is 2.34. The van der Waals surface area contributed by atoms with Crippen molar-refractivity contribution in [1.82, 2.24) is 5.32 Å². The topological polar surface area (TPSA) is 67.9 Å². The number of carbonyl (C=O) groups is 2. The molecule has 6 heteroatoms. The number of methoxy groups -OCH3 is 2. The first kappa shape index (κ1) is 23.2. The molecule has 0 saturated heterocycles. The minimum absolute atomic E-state index is 0.0897. The average molecular weight is 435 g/mol. The molecule has 1 N–H and O–H groups in total. The number of nitrogens with zero attached hydrogens (tertiary/aromatic N) is 1. The maximum Gasteiger partial charge on any atom is 0.303 e. The van der Waals surface area contributed by atoms with Crippen LogP contribution in [0.3, 0.4) is 0 Å². The summed E-state index contributed by atoms with van der Waals surface area (Å²) in [5.74, 6) is 2.57. The second kappa shape index (κ2) is 10.7. The predicted octanol–water partition coefficient (Wildman–Crippen LogP) is 4.17. The molecular weight excluding hydrogens is 404 g/mol. The van der Waals surface area contributed by atoms with Gasteiger partial charge >= 0.3 is 5.91 Å². The van der Waals surface area contributed by atoms with Crippen molar-refractivity contribution in [1.29, 1.82) is 0 Å². The van der Waals surface area contributed by atoms with Gasteiger partial charge in [0.2, 0.25) is 5.91 Å². The van der Waals surface area contributed by atoms with E-state index in [1.165, 1.54) is 11.3 Å². The number of nitrogens with one attached hydrogen (secondary N) is 1. The fraction of sp³-hybridized carbons (Fsp3) is 0.385. The molecule has 0 bridgehead atoms. The van der Waals surface area contributed by atoms with E-state index in [4.69, 9.17) is 15.9 Å². The summed E-state index contributed by atoms with van der Waals surface area (Å²) in [7, 11) is 3.14. The van der Waals surface area contributed by atoms with E-state index in [1.54, 1.807) is 44.6 Å². The van der Waals surface area contributed by atoms with Crippen LogP contribution in [0.1, 0.15) is 49.3 Å². The molecule has 168 valence electrons. The van der Waals surface area contributed by atoms with Crippen LogP contribution in [0.4, 0.5) is 5.69 Å². The van der Waals surface area contributed by atoms with Gasteiger partial charge in [-0.1, -0.05) is 31.4 Å². The highest BCUT2D eigenvalue weighted by atomic mass is 16.5. The van der Waals surface area contributed by atoms with Gasteiger partial charge in [-0.3, -0.25) is 14.5 Å². The molecule has 0 radical (unpaired) electrons. The largest absolute Gasteiger partial charge is 0.497 e. The van der Waals surface area contributed by atoms with E-state index in [1.807, 2.05) is 19.1 Å². The van der Waals surface area contributed by atoms with Crippen molar-refractivity contribution in [3.8, 4) is 23.8 Å². The van der Waals surface area contributed by atoms with Crippen LogP contribution in [0.25, 0.3) is 0 Å². The molecule has 2 aromatic rings. The van der Waals surface area contributed by atoms with Crippen molar-refractivity contribution in [3.05, 3.63) is 53.6 Å². The smallest absolute Gasteiger partial charge is 0.303 e. The fourth-order valence-electron chi connectivity index (χ4n) is 4.17. The zero-order valence-electron chi connectivity index (χ0n) is 18.9. The lowest BCUT2D eigenvalue weighted by Gasteiger charge is -2.32. The second-order valence-corrected chi connectivity index (χ2v) is 8.05. The number of terminal acetylenes is 1. The van der Waals surface area contributed by atoms with Crippen LogP contribution in [0.2, 0.25) is 0 Å². The first-order chi connectivity index (χ1) is 15.5. The Morgan fingerprint density at radius 1 is 1.03 bits per heavy atom. The lowest BCUT2D eigenvalue weighted by molar-refractivity contribution is -0.125. The Balaban J connectivity index is 2.08. The van der Waals surface area contributed by atoms with E-state index in [-0.39, 0.29) is 11.9 Å². The Labute approximate surface area is 189 Å². The van der Waals surface area contributed by atoms with Crippen molar-refractivity contribution >= 4 is 17.5 Å². The molecule has 2 amide bonds. The first-order valence-corrected chi connectivity index (χ1v) is 10.9. The van der Waals surface area contributed by atoms with Crippen molar-refractivity contribution in [2.24, 2.45) is 0 Å². The van der Waals surface area contributed by atoms with E-state index in [0.717, 1.165) is 31.2 Å². The number of aryl methyl sites for hydroxylation is 1. The number of carbonyl (C=O) groups excluding carboxylic acids is 2. The number of hydrogen-bond donors (Lipinski definition) is 1. The van der Waals surface area contributed by atoms with Gasteiger partial charge in [0.15, 0.2) is 0 Å². The minimum Gasteiger partial charge on any atom is -0.497 e. The fourth-order valence-corrected chi connectivity index (χ4v) is 4.17. The van der Waals surface area contributed by atoms with Crippen LogP contribution in [-0.4, -0.2) is 32.1 Å². The van der Waals surface area contributed by atoms with Crippen LogP contribution < -0.4 is 19.7 Å². The van der Waals surface area contributed by atoms with Crippen LogP contribution in [0.5, 0.6) is 11.5 Å². The molecular formula is C26H30N2O4. The molecule has 6 nitrogen and oxygen atoms in total. The molecule has 3 rings (SSSR count). The normalized spacial score (nSPS) is 14.7. The van der Waals surface area contributed by atoms with Crippen molar-refractivity contribution in [2.45, 2.75) is 51.1 Å². The Kier molecular flexibility index (Phi) is 7.77. The van der Waals surface area contributed by atoms with Crippen molar-refractivity contribution in [3.63, 3.8) is 0 Å². The molecule has 1 atom stereocenters. The predicted molar refractivity (Wildman–Crippen MR) is 125 cm³/mol. The third-order valence-corrected chi connectivity index (χ3v) is 5.78. The molecule has 1 aliphatic carbocycles. The Bertz CT molecular complexity index is 988. The standard InChI is InChI=1S/C26H30N2O4/c1-5-24(29)28(21-15-18(2)16-23(17-21)32-4)25(19-11-13-22(31-3)14-12-19)26(30)27-20-9-7-6-8-10-20/h1,11-17,20,25H,6-10H2,2-4H3,(H,27,30). The minimum atomic E-state index is -0.933.